The maximum Gasteiger partial charge on any atom is 0.137 e. The van der Waals surface area contributed by atoms with Gasteiger partial charge in [0, 0.05) is 12.6 Å². The molecule has 1 aromatic carbocycles. The molecule has 1 aliphatic carbocycles. The summed E-state index contributed by atoms with van der Waals surface area (Å²) in [5.74, 6) is 0.802. The Morgan fingerprint density at radius 2 is 2.00 bits per heavy atom. The molecule has 0 saturated heterocycles. The van der Waals surface area contributed by atoms with Crippen molar-refractivity contribution in [1.29, 1.82) is 0 Å². The maximum absolute atomic E-state index is 6.29. The summed E-state index contributed by atoms with van der Waals surface area (Å²) in [5, 5.41) is 0.730. The normalized spacial score (nSPS) is 23.1. The van der Waals surface area contributed by atoms with E-state index >= 15 is 0 Å². The van der Waals surface area contributed by atoms with Crippen molar-refractivity contribution in [2.24, 2.45) is 0 Å². The summed E-state index contributed by atoms with van der Waals surface area (Å²) in [6.07, 6.45) is 6.00. The van der Waals surface area contributed by atoms with Gasteiger partial charge in [0.2, 0.25) is 0 Å². The molecule has 1 heterocycles. The van der Waals surface area contributed by atoms with E-state index in [1.807, 2.05) is 0 Å². The molecule has 0 unspecified atom stereocenters. The van der Waals surface area contributed by atoms with Crippen molar-refractivity contribution in [2.45, 2.75) is 45.1 Å². The van der Waals surface area contributed by atoms with Crippen LogP contribution in [-0.2, 0) is 12.8 Å². The van der Waals surface area contributed by atoms with Crippen molar-refractivity contribution >= 4 is 11.6 Å². The lowest BCUT2D eigenvalue weighted by Crippen LogP contribution is -2.34. The van der Waals surface area contributed by atoms with Crippen LogP contribution in [0.4, 0.5) is 0 Å². The van der Waals surface area contributed by atoms with Crippen molar-refractivity contribution in [3.05, 3.63) is 39.4 Å². The fourth-order valence-electron chi connectivity index (χ4n) is 3.79. The lowest BCUT2D eigenvalue weighted by atomic mass is 9.94. The molecule has 114 valence electrons. The highest BCUT2D eigenvalue weighted by molar-refractivity contribution is 6.32. The summed E-state index contributed by atoms with van der Waals surface area (Å²) in [6.45, 7) is 3.40. The molecule has 3 heteroatoms. The molecule has 0 fully saturated rings. The minimum atomic E-state index is 0.541. The van der Waals surface area contributed by atoms with Gasteiger partial charge < -0.3 is 4.74 Å². The fourth-order valence-corrected chi connectivity index (χ4v) is 4.05. The van der Waals surface area contributed by atoms with E-state index in [-0.39, 0.29) is 0 Å². The van der Waals surface area contributed by atoms with E-state index in [4.69, 9.17) is 16.3 Å². The summed E-state index contributed by atoms with van der Waals surface area (Å²) in [6, 6.07) is 4.79. The first-order valence-corrected chi connectivity index (χ1v) is 8.22. The van der Waals surface area contributed by atoms with Crippen LogP contribution >= 0.6 is 11.6 Å². The third kappa shape index (κ3) is 2.84. The van der Waals surface area contributed by atoms with Crippen molar-refractivity contribution < 1.29 is 4.74 Å². The first-order valence-electron chi connectivity index (χ1n) is 7.84. The quantitative estimate of drug-likeness (QED) is 0.757. The molecule has 0 bridgehead atoms. The van der Waals surface area contributed by atoms with E-state index < -0.39 is 0 Å². The molecule has 0 radical (unpaired) electrons. The van der Waals surface area contributed by atoms with Crippen LogP contribution in [0.1, 0.15) is 37.3 Å². The standard InChI is InChI=1S/C18H24ClNO/c1-12-5-4-6-15(12)17-10-14-11-18(21-3)16(19)9-13(14)7-8-20(17)2/h9,11,17H,4-8,10H2,1-3H3/t17-/m1/s1. The highest BCUT2D eigenvalue weighted by Crippen LogP contribution is 2.36. The van der Waals surface area contributed by atoms with Crippen molar-refractivity contribution in [3.63, 3.8) is 0 Å². The summed E-state index contributed by atoms with van der Waals surface area (Å²) in [7, 11) is 3.95. The van der Waals surface area contributed by atoms with Crippen molar-refractivity contribution in [2.75, 3.05) is 20.7 Å². The van der Waals surface area contributed by atoms with Gasteiger partial charge in [0.1, 0.15) is 5.75 Å². The number of allylic oxidation sites excluding steroid dienone is 1. The first-order chi connectivity index (χ1) is 10.1. The number of rotatable bonds is 2. The predicted octanol–water partition coefficient (Wildman–Crippen LogP) is 4.25. The van der Waals surface area contributed by atoms with Crippen LogP contribution in [0.25, 0.3) is 0 Å². The van der Waals surface area contributed by atoms with Crippen LogP contribution < -0.4 is 4.74 Å². The average Bonchev–Trinajstić information content (AvgIpc) is 2.82. The number of likely N-dealkylation sites (N-methyl/N-ethyl adjacent to an activating group) is 1. The minimum absolute atomic E-state index is 0.541. The molecule has 0 saturated carbocycles. The highest BCUT2D eigenvalue weighted by Gasteiger charge is 2.28. The lowest BCUT2D eigenvalue weighted by molar-refractivity contribution is 0.277. The molecule has 1 atom stereocenters. The minimum Gasteiger partial charge on any atom is -0.495 e. The smallest absolute Gasteiger partial charge is 0.137 e. The van der Waals surface area contributed by atoms with E-state index in [0.29, 0.717) is 6.04 Å². The Kier molecular flexibility index (Phi) is 4.28. The van der Waals surface area contributed by atoms with Gasteiger partial charge in [-0.15, -0.1) is 0 Å². The van der Waals surface area contributed by atoms with E-state index in [9.17, 15) is 0 Å². The van der Waals surface area contributed by atoms with Gasteiger partial charge in [0.05, 0.1) is 12.1 Å². The van der Waals surface area contributed by atoms with Gasteiger partial charge in [-0.05, 0) is 69.3 Å². The van der Waals surface area contributed by atoms with E-state index in [1.165, 1.54) is 30.4 Å². The van der Waals surface area contributed by atoms with Gasteiger partial charge in [0.15, 0.2) is 0 Å². The molecule has 0 spiro atoms. The second-order valence-corrected chi connectivity index (χ2v) is 6.77. The summed E-state index contributed by atoms with van der Waals surface area (Å²) < 4.78 is 5.40. The number of hydrogen-bond donors (Lipinski definition) is 0. The Balaban J connectivity index is 1.97. The third-order valence-corrected chi connectivity index (χ3v) is 5.40. The number of benzene rings is 1. The zero-order chi connectivity index (χ0) is 15.0. The molecule has 0 amide bonds. The van der Waals surface area contributed by atoms with Crippen molar-refractivity contribution in [3.8, 4) is 5.75 Å². The number of ether oxygens (including phenoxy) is 1. The van der Waals surface area contributed by atoms with E-state index in [2.05, 4.69) is 31.0 Å². The van der Waals surface area contributed by atoms with E-state index in [1.54, 1.807) is 18.3 Å². The summed E-state index contributed by atoms with van der Waals surface area (Å²) >= 11 is 6.29. The molecule has 0 aromatic heterocycles. The highest BCUT2D eigenvalue weighted by atomic mass is 35.5. The Morgan fingerprint density at radius 3 is 2.67 bits per heavy atom. The SMILES string of the molecule is COc1cc2c(cc1Cl)CCN(C)[C@@H](C1=C(C)CCC1)C2. The molecular weight excluding hydrogens is 282 g/mol. The molecule has 2 nitrogen and oxygen atoms in total. The van der Waals surface area contributed by atoms with Gasteiger partial charge in [-0.2, -0.15) is 0 Å². The van der Waals surface area contributed by atoms with E-state index in [0.717, 1.165) is 30.2 Å². The molecular formula is C18H24ClNO. The number of fused-ring (bicyclic) bond motifs is 1. The monoisotopic (exact) mass is 305 g/mol. The fraction of sp³-hybridized carbons (Fsp3) is 0.556. The molecule has 0 N–H and O–H groups in total. The van der Waals surface area contributed by atoms with Crippen LogP contribution in [0.15, 0.2) is 23.3 Å². The summed E-state index contributed by atoms with van der Waals surface area (Å²) in [5.41, 5.74) is 6.06. The maximum atomic E-state index is 6.29. The number of methoxy groups -OCH3 is 1. The largest absolute Gasteiger partial charge is 0.495 e. The Bertz CT molecular complexity index is 579. The van der Waals surface area contributed by atoms with Gasteiger partial charge in [-0.1, -0.05) is 22.7 Å². The Labute approximate surface area is 132 Å². The Morgan fingerprint density at radius 1 is 1.19 bits per heavy atom. The topological polar surface area (TPSA) is 12.5 Å². The predicted molar refractivity (Wildman–Crippen MR) is 88.4 cm³/mol. The number of halogens is 1. The first kappa shape index (κ1) is 14.9. The molecule has 21 heavy (non-hydrogen) atoms. The van der Waals surface area contributed by atoms with Crippen LogP contribution in [0.3, 0.4) is 0 Å². The van der Waals surface area contributed by atoms with Crippen LogP contribution in [-0.4, -0.2) is 31.6 Å². The van der Waals surface area contributed by atoms with Gasteiger partial charge in [0.25, 0.3) is 0 Å². The summed E-state index contributed by atoms with van der Waals surface area (Å²) in [4.78, 5) is 2.52. The second-order valence-electron chi connectivity index (χ2n) is 6.37. The van der Waals surface area contributed by atoms with Gasteiger partial charge >= 0.3 is 0 Å². The number of nitrogens with zero attached hydrogens (tertiary/aromatic N) is 1. The second kappa shape index (κ2) is 6.02. The zero-order valence-corrected chi connectivity index (χ0v) is 14.0. The molecule has 3 rings (SSSR count). The van der Waals surface area contributed by atoms with Crippen LogP contribution in [0.5, 0.6) is 5.75 Å². The molecule has 1 aromatic rings. The molecule has 2 aliphatic rings. The van der Waals surface area contributed by atoms with Gasteiger partial charge in [-0.25, -0.2) is 0 Å². The molecule has 1 aliphatic heterocycles. The Hall–Kier alpha value is -0.990. The zero-order valence-electron chi connectivity index (χ0n) is 13.2. The average molecular weight is 306 g/mol. The lowest BCUT2D eigenvalue weighted by Gasteiger charge is -2.28. The number of hydrogen-bond acceptors (Lipinski definition) is 2. The van der Waals surface area contributed by atoms with Crippen molar-refractivity contribution in [1.82, 2.24) is 4.90 Å². The van der Waals surface area contributed by atoms with Crippen LogP contribution in [0.2, 0.25) is 5.02 Å². The third-order valence-electron chi connectivity index (χ3n) is 5.10. The van der Waals surface area contributed by atoms with Crippen LogP contribution in [0, 0.1) is 0 Å². The van der Waals surface area contributed by atoms with Gasteiger partial charge in [-0.3, -0.25) is 4.90 Å².